The van der Waals surface area contributed by atoms with E-state index in [-0.39, 0.29) is 13.2 Å². The van der Waals surface area contributed by atoms with Crippen molar-refractivity contribution in [1.29, 1.82) is 0 Å². The van der Waals surface area contributed by atoms with Crippen molar-refractivity contribution in [3.63, 3.8) is 0 Å². The van der Waals surface area contributed by atoms with E-state index in [9.17, 15) is 15.0 Å². The van der Waals surface area contributed by atoms with Crippen LogP contribution < -0.4 is 9.47 Å². The van der Waals surface area contributed by atoms with E-state index in [2.05, 4.69) is 0 Å². The zero-order valence-corrected chi connectivity index (χ0v) is 19.3. The summed E-state index contributed by atoms with van der Waals surface area (Å²) >= 11 is 0. The van der Waals surface area contributed by atoms with Gasteiger partial charge in [0.25, 0.3) is 0 Å². The minimum atomic E-state index is -1.12. The molecule has 0 aliphatic carbocycles. The number of hydrogen-bond acceptors (Lipinski definition) is 5. The highest BCUT2D eigenvalue weighted by molar-refractivity contribution is 5.66. The highest BCUT2D eigenvalue weighted by Gasteiger charge is 2.43. The predicted molar refractivity (Wildman–Crippen MR) is 127 cm³/mol. The number of rotatable bonds is 8. The van der Waals surface area contributed by atoms with Crippen LogP contribution in [0, 0.1) is 0 Å². The second-order valence-electron chi connectivity index (χ2n) is 8.24. The van der Waals surface area contributed by atoms with Gasteiger partial charge in [0.2, 0.25) is 0 Å². The maximum atomic E-state index is 11.8. The minimum Gasteiger partial charge on any atom is -0.493 e. The van der Waals surface area contributed by atoms with Crippen LogP contribution in [0.4, 0.5) is 4.79 Å². The molecular weight excluding hydrogens is 434 g/mol. The minimum absolute atomic E-state index is 0.0650. The molecule has 0 bridgehead atoms. The largest absolute Gasteiger partial charge is 0.493 e. The molecule has 7 heteroatoms. The Hall–Kier alpha value is -3.55. The van der Waals surface area contributed by atoms with Gasteiger partial charge in [0.1, 0.15) is 5.60 Å². The Kier molecular flexibility index (Phi) is 7.05. The van der Waals surface area contributed by atoms with Crippen molar-refractivity contribution in [1.82, 2.24) is 4.90 Å². The normalized spacial score (nSPS) is 18.0. The standard InChI is InChI=1S/C27H29NO6/c1-32-24-15-9-14-23(25(24)33-2)27(19-10-5-3-6-11-19,20-12-7-4-8-13-20)34-18-21-16-22(29)17-28(21)26(30)31/h3-15,21-22,29H,16-18H2,1-2H3,(H,30,31). The highest BCUT2D eigenvalue weighted by Crippen LogP contribution is 2.47. The number of nitrogens with zero attached hydrogens (tertiary/aromatic N) is 1. The van der Waals surface area contributed by atoms with Crippen molar-refractivity contribution in [3.8, 4) is 11.5 Å². The molecule has 3 aromatic rings. The molecule has 2 N–H and O–H groups in total. The maximum Gasteiger partial charge on any atom is 0.407 e. The molecular formula is C27H29NO6. The number of benzene rings is 3. The molecule has 1 saturated heterocycles. The van der Waals surface area contributed by atoms with E-state index in [1.54, 1.807) is 14.2 Å². The van der Waals surface area contributed by atoms with Gasteiger partial charge < -0.3 is 29.3 Å². The zero-order valence-electron chi connectivity index (χ0n) is 19.3. The molecule has 3 aromatic carbocycles. The molecule has 1 heterocycles. The number of β-amino-alcohol motifs (C(OH)–C–C–N with tert-alkyl or cyclic N) is 1. The van der Waals surface area contributed by atoms with Crippen molar-refractivity contribution in [2.45, 2.75) is 24.2 Å². The Morgan fingerprint density at radius 1 is 0.941 bits per heavy atom. The van der Waals surface area contributed by atoms with E-state index >= 15 is 0 Å². The van der Waals surface area contributed by atoms with Crippen LogP contribution in [0.25, 0.3) is 0 Å². The summed E-state index contributed by atoms with van der Waals surface area (Å²) in [5.41, 5.74) is 1.31. The van der Waals surface area contributed by atoms with Gasteiger partial charge in [-0.05, 0) is 23.6 Å². The van der Waals surface area contributed by atoms with E-state index in [1.807, 2.05) is 78.9 Å². The number of carbonyl (C=O) groups is 1. The van der Waals surface area contributed by atoms with E-state index in [1.165, 1.54) is 4.90 Å². The van der Waals surface area contributed by atoms with Crippen LogP contribution in [-0.2, 0) is 10.3 Å². The summed E-state index contributed by atoms with van der Waals surface area (Å²) in [7, 11) is 3.17. The molecule has 7 nitrogen and oxygen atoms in total. The summed E-state index contributed by atoms with van der Waals surface area (Å²) in [6.07, 6.45) is -1.49. The van der Waals surface area contributed by atoms with E-state index in [4.69, 9.17) is 14.2 Å². The van der Waals surface area contributed by atoms with Gasteiger partial charge in [-0.15, -0.1) is 0 Å². The number of aliphatic hydroxyl groups is 1. The molecule has 4 rings (SSSR count). The average Bonchev–Trinajstić information content (AvgIpc) is 3.26. The van der Waals surface area contributed by atoms with Crippen LogP contribution >= 0.6 is 0 Å². The lowest BCUT2D eigenvalue weighted by molar-refractivity contribution is -0.0147. The maximum absolute atomic E-state index is 11.8. The number of likely N-dealkylation sites (tertiary alicyclic amines) is 1. The van der Waals surface area contributed by atoms with Crippen LogP contribution in [0.3, 0.4) is 0 Å². The van der Waals surface area contributed by atoms with Crippen LogP contribution in [0.2, 0.25) is 0 Å². The van der Waals surface area contributed by atoms with Gasteiger partial charge in [0.05, 0.1) is 39.5 Å². The molecule has 0 spiro atoms. The van der Waals surface area contributed by atoms with Gasteiger partial charge in [-0.25, -0.2) is 4.79 Å². The first-order chi connectivity index (χ1) is 16.5. The molecule has 1 aliphatic heterocycles. The van der Waals surface area contributed by atoms with Crippen molar-refractivity contribution in [3.05, 3.63) is 95.6 Å². The fourth-order valence-electron chi connectivity index (χ4n) is 4.74. The SMILES string of the molecule is COc1cccc(C(OCC2CC(O)CN2C(=O)O)(c2ccccc2)c2ccccc2)c1OC. The van der Waals surface area contributed by atoms with Gasteiger partial charge in [-0.2, -0.15) is 0 Å². The average molecular weight is 464 g/mol. The summed E-state index contributed by atoms with van der Waals surface area (Å²) in [6.45, 7) is 0.142. The Morgan fingerprint density at radius 3 is 2.09 bits per heavy atom. The van der Waals surface area contributed by atoms with Crippen LogP contribution in [-0.4, -0.2) is 60.7 Å². The molecule has 178 valence electrons. The van der Waals surface area contributed by atoms with Crippen molar-refractivity contribution in [2.75, 3.05) is 27.4 Å². The topological polar surface area (TPSA) is 88.5 Å². The Morgan fingerprint density at radius 2 is 1.56 bits per heavy atom. The van der Waals surface area contributed by atoms with Gasteiger partial charge in [0.15, 0.2) is 11.5 Å². The summed E-state index contributed by atoms with van der Waals surface area (Å²) in [4.78, 5) is 13.0. The van der Waals surface area contributed by atoms with Gasteiger partial charge >= 0.3 is 6.09 Å². The third-order valence-electron chi connectivity index (χ3n) is 6.27. The predicted octanol–water partition coefficient (Wildman–Crippen LogP) is 4.13. The summed E-state index contributed by atoms with van der Waals surface area (Å²) in [6, 6.07) is 24.7. The Labute approximate surface area is 199 Å². The van der Waals surface area contributed by atoms with Crippen molar-refractivity contribution < 1.29 is 29.2 Å². The molecule has 2 unspecified atom stereocenters. The van der Waals surface area contributed by atoms with E-state index in [0.717, 1.165) is 16.7 Å². The molecule has 1 aliphatic rings. The van der Waals surface area contributed by atoms with Gasteiger partial charge in [0, 0.05) is 5.56 Å². The van der Waals surface area contributed by atoms with E-state index in [0.29, 0.717) is 17.9 Å². The summed E-state index contributed by atoms with van der Waals surface area (Å²) < 4.78 is 18.2. The molecule has 0 radical (unpaired) electrons. The number of carboxylic acid groups (broad SMARTS) is 1. The summed E-state index contributed by atoms with van der Waals surface area (Å²) in [5.74, 6) is 1.09. The smallest absolute Gasteiger partial charge is 0.407 e. The number of aliphatic hydroxyl groups excluding tert-OH is 1. The quantitative estimate of drug-likeness (QED) is 0.489. The van der Waals surface area contributed by atoms with Crippen LogP contribution in [0.15, 0.2) is 78.9 Å². The Bertz CT molecular complexity index is 1070. The fraction of sp³-hybridized carbons (Fsp3) is 0.296. The number of amides is 1. The molecule has 1 fully saturated rings. The second-order valence-corrected chi connectivity index (χ2v) is 8.24. The first-order valence-electron chi connectivity index (χ1n) is 11.1. The first-order valence-corrected chi connectivity index (χ1v) is 11.1. The monoisotopic (exact) mass is 463 g/mol. The number of ether oxygens (including phenoxy) is 3. The van der Waals surface area contributed by atoms with Crippen LogP contribution in [0.5, 0.6) is 11.5 Å². The van der Waals surface area contributed by atoms with Crippen molar-refractivity contribution in [2.24, 2.45) is 0 Å². The number of hydrogen-bond donors (Lipinski definition) is 2. The molecule has 0 aromatic heterocycles. The molecule has 2 atom stereocenters. The first kappa shape index (κ1) is 23.6. The number of para-hydroxylation sites is 1. The third-order valence-corrected chi connectivity index (χ3v) is 6.27. The molecule has 34 heavy (non-hydrogen) atoms. The summed E-state index contributed by atoms with van der Waals surface area (Å²) in [5, 5.41) is 19.8. The van der Waals surface area contributed by atoms with Crippen LogP contribution in [0.1, 0.15) is 23.1 Å². The second kappa shape index (κ2) is 10.2. The highest BCUT2D eigenvalue weighted by atomic mass is 16.5. The van der Waals surface area contributed by atoms with Gasteiger partial charge in [-0.1, -0.05) is 72.8 Å². The van der Waals surface area contributed by atoms with E-state index < -0.39 is 23.8 Å². The lowest BCUT2D eigenvalue weighted by Gasteiger charge is -2.38. The van der Waals surface area contributed by atoms with Gasteiger partial charge in [-0.3, -0.25) is 0 Å². The fourth-order valence-corrected chi connectivity index (χ4v) is 4.74. The molecule has 1 amide bonds. The number of methoxy groups -OCH3 is 2. The third kappa shape index (κ3) is 4.32. The Balaban J connectivity index is 1.91. The lowest BCUT2D eigenvalue weighted by atomic mass is 9.79. The lowest BCUT2D eigenvalue weighted by Crippen LogP contribution is -2.41. The molecule has 0 saturated carbocycles. The zero-order chi connectivity index (χ0) is 24.1. The van der Waals surface area contributed by atoms with Crippen molar-refractivity contribution >= 4 is 6.09 Å².